The molecule has 1 N–H and O–H groups in total. The molecule has 0 saturated carbocycles. The maximum atomic E-state index is 12.3. The number of aryl methyl sites for hydroxylation is 1. The van der Waals surface area contributed by atoms with Crippen LogP contribution < -0.4 is 5.32 Å². The normalized spacial score (nSPS) is 19.9. The Labute approximate surface area is 139 Å². The second kappa shape index (κ2) is 7.34. The molecule has 1 aliphatic heterocycles. The zero-order valence-corrected chi connectivity index (χ0v) is 15.0. The highest BCUT2D eigenvalue weighted by Gasteiger charge is 2.35. The van der Waals surface area contributed by atoms with Crippen LogP contribution in [0, 0.1) is 5.92 Å². The SMILES string of the molecule is CCNC(c1nccn1CC)C1CCN(C(=O)OC(C)(C)C)C1. The zero-order valence-electron chi connectivity index (χ0n) is 15.0. The Morgan fingerprint density at radius 1 is 1.48 bits per heavy atom. The molecule has 2 atom stereocenters. The predicted octanol–water partition coefficient (Wildman–Crippen LogP) is 2.81. The second-order valence-electron chi connectivity index (χ2n) is 7.08. The first kappa shape index (κ1) is 17.8. The van der Waals surface area contributed by atoms with Gasteiger partial charge in [0.25, 0.3) is 0 Å². The number of carbonyl (C=O) groups excluding carboxylic acids is 1. The lowest BCUT2D eigenvalue weighted by Crippen LogP contribution is -2.37. The Morgan fingerprint density at radius 3 is 2.83 bits per heavy atom. The van der Waals surface area contributed by atoms with Crippen LogP contribution in [-0.4, -0.2) is 45.8 Å². The van der Waals surface area contributed by atoms with Crippen molar-refractivity contribution in [1.82, 2.24) is 19.8 Å². The number of nitrogens with one attached hydrogen (secondary N) is 1. The van der Waals surface area contributed by atoms with Gasteiger partial charge in [0.1, 0.15) is 11.4 Å². The van der Waals surface area contributed by atoms with Crippen LogP contribution >= 0.6 is 0 Å². The van der Waals surface area contributed by atoms with Crippen molar-refractivity contribution in [2.75, 3.05) is 19.6 Å². The summed E-state index contributed by atoms with van der Waals surface area (Å²) >= 11 is 0. The van der Waals surface area contributed by atoms with Crippen LogP contribution in [0.5, 0.6) is 0 Å². The van der Waals surface area contributed by atoms with E-state index in [2.05, 4.69) is 28.7 Å². The molecule has 2 rings (SSSR count). The number of imidazole rings is 1. The first-order chi connectivity index (χ1) is 10.9. The Hall–Kier alpha value is -1.56. The van der Waals surface area contributed by atoms with E-state index in [1.807, 2.05) is 38.1 Å². The molecule has 1 aromatic rings. The van der Waals surface area contributed by atoms with Crippen LogP contribution in [-0.2, 0) is 11.3 Å². The number of amides is 1. The van der Waals surface area contributed by atoms with Crippen molar-refractivity contribution in [1.29, 1.82) is 0 Å². The van der Waals surface area contributed by atoms with E-state index >= 15 is 0 Å². The largest absolute Gasteiger partial charge is 0.444 e. The van der Waals surface area contributed by atoms with Gasteiger partial charge in [0, 0.05) is 37.9 Å². The number of carbonyl (C=O) groups is 1. The smallest absolute Gasteiger partial charge is 0.410 e. The number of rotatable bonds is 5. The van der Waals surface area contributed by atoms with E-state index in [-0.39, 0.29) is 12.1 Å². The standard InChI is InChI=1S/C17H30N4O2/c1-6-18-14(15-19-9-11-20(15)7-2)13-8-10-21(12-13)16(22)23-17(3,4)5/h9,11,13-14,18H,6-8,10,12H2,1-5H3. The number of nitrogens with zero attached hydrogens (tertiary/aromatic N) is 3. The van der Waals surface area contributed by atoms with Crippen molar-refractivity contribution in [2.24, 2.45) is 5.92 Å². The molecule has 0 aliphatic carbocycles. The minimum absolute atomic E-state index is 0.169. The average molecular weight is 322 g/mol. The molecule has 0 spiro atoms. The number of hydrogen-bond donors (Lipinski definition) is 1. The summed E-state index contributed by atoms with van der Waals surface area (Å²) in [4.78, 5) is 18.6. The molecule has 23 heavy (non-hydrogen) atoms. The summed E-state index contributed by atoms with van der Waals surface area (Å²) in [5.41, 5.74) is -0.450. The highest BCUT2D eigenvalue weighted by molar-refractivity contribution is 5.68. The molecule has 1 aromatic heterocycles. The van der Waals surface area contributed by atoms with E-state index in [0.717, 1.165) is 31.9 Å². The summed E-state index contributed by atoms with van der Waals surface area (Å²) in [6.07, 6.45) is 4.62. The molecule has 1 aliphatic rings. The fourth-order valence-corrected chi connectivity index (χ4v) is 3.11. The average Bonchev–Trinajstić information content (AvgIpc) is 3.12. The maximum absolute atomic E-state index is 12.3. The van der Waals surface area contributed by atoms with E-state index in [0.29, 0.717) is 12.5 Å². The first-order valence-electron chi connectivity index (χ1n) is 8.58. The summed E-state index contributed by atoms with van der Waals surface area (Å²) in [6.45, 7) is 13.2. The Bertz CT molecular complexity index is 521. The lowest BCUT2D eigenvalue weighted by Gasteiger charge is -2.26. The summed E-state index contributed by atoms with van der Waals surface area (Å²) < 4.78 is 7.66. The van der Waals surface area contributed by atoms with Gasteiger partial charge >= 0.3 is 6.09 Å². The van der Waals surface area contributed by atoms with Crippen molar-refractivity contribution < 1.29 is 9.53 Å². The van der Waals surface area contributed by atoms with Crippen molar-refractivity contribution in [3.63, 3.8) is 0 Å². The fraction of sp³-hybridized carbons (Fsp3) is 0.765. The van der Waals surface area contributed by atoms with Gasteiger partial charge in [-0.1, -0.05) is 6.92 Å². The molecule has 130 valence electrons. The van der Waals surface area contributed by atoms with Gasteiger partial charge < -0.3 is 19.5 Å². The molecule has 0 radical (unpaired) electrons. The van der Waals surface area contributed by atoms with Crippen molar-refractivity contribution in [3.05, 3.63) is 18.2 Å². The number of ether oxygens (including phenoxy) is 1. The van der Waals surface area contributed by atoms with Gasteiger partial charge in [0.05, 0.1) is 6.04 Å². The van der Waals surface area contributed by atoms with Gasteiger partial charge in [0.15, 0.2) is 0 Å². The Kier molecular flexibility index (Phi) is 5.68. The molecule has 1 amide bonds. The molecule has 0 aromatic carbocycles. The first-order valence-corrected chi connectivity index (χ1v) is 8.58. The maximum Gasteiger partial charge on any atom is 0.410 e. The molecular formula is C17H30N4O2. The molecule has 0 bridgehead atoms. The van der Waals surface area contributed by atoms with Crippen LogP contribution in [0.2, 0.25) is 0 Å². The van der Waals surface area contributed by atoms with Crippen LogP contribution in [0.3, 0.4) is 0 Å². The van der Waals surface area contributed by atoms with E-state index in [1.54, 1.807) is 0 Å². The quantitative estimate of drug-likeness (QED) is 0.905. The molecule has 6 nitrogen and oxygen atoms in total. The lowest BCUT2D eigenvalue weighted by atomic mass is 9.98. The third-order valence-electron chi connectivity index (χ3n) is 4.14. The van der Waals surface area contributed by atoms with Crippen LogP contribution in [0.1, 0.15) is 52.9 Å². The van der Waals surface area contributed by atoms with Crippen molar-refractivity contribution >= 4 is 6.09 Å². The van der Waals surface area contributed by atoms with E-state index in [4.69, 9.17) is 4.74 Å². The molecule has 1 fully saturated rings. The third kappa shape index (κ3) is 4.47. The van der Waals surface area contributed by atoms with Gasteiger partial charge in [-0.25, -0.2) is 9.78 Å². The van der Waals surface area contributed by atoms with E-state index < -0.39 is 5.60 Å². The van der Waals surface area contributed by atoms with Gasteiger partial charge in [-0.3, -0.25) is 0 Å². The minimum atomic E-state index is -0.450. The van der Waals surface area contributed by atoms with Crippen molar-refractivity contribution in [2.45, 2.75) is 59.2 Å². The number of likely N-dealkylation sites (tertiary alicyclic amines) is 1. The van der Waals surface area contributed by atoms with E-state index in [1.165, 1.54) is 0 Å². The molecule has 1 saturated heterocycles. The van der Waals surface area contributed by atoms with E-state index in [9.17, 15) is 4.79 Å². The minimum Gasteiger partial charge on any atom is -0.444 e. The topological polar surface area (TPSA) is 59.4 Å². The third-order valence-corrected chi connectivity index (χ3v) is 4.14. The number of hydrogen-bond acceptors (Lipinski definition) is 4. The van der Waals surface area contributed by atoms with Gasteiger partial charge in [0.2, 0.25) is 0 Å². The lowest BCUT2D eigenvalue weighted by molar-refractivity contribution is 0.0285. The summed E-state index contributed by atoms with van der Waals surface area (Å²) in [6, 6.07) is 0.169. The summed E-state index contributed by atoms with van der Waals surface area (Å²) in [5, 5.41) is 3.55. The summed E-state index contributed by atoms with van der Waals surface area (Å²) in [5.74, 6) is 1.42. The van der Waals surface area contributed by atoms with Gasteiger partial charge in [-0.2, -0.15) is 0 Å². The monoisotopic (exact) mass is 322 g/mol. The Morgan fingerprint density at radius 2 is 2.22 bits per heavy atom. The Balaban J connectivity index is 2.06. The fourth-order valence-electron chi connectivity index (χ4n) is 3.11. The number of aromatic nitrogens is 2. The highest BCUT2D eigenvalue weighted by Crippen LogP contribution is 2.30. The molecule has 6 heteroatoms. The molecular weight excluding hydrogens is 292 g/mol. The molecule has 2 unspecified atom stereocenters. The predicted molar refractivity (Wildman–Crippen MR) is 90.2 cm³/mol. The van der Waals surface area contributed by atoms with Gasteiger partial charge in [-0.05, 0) is 40.7 Å². The summed E-state index contributed by atoms with van der Waals surface area (Å²) in [7, 11) is 0. The highest BCUT2D eigenvalue weighted by atomic mass is 16.6. The van der Waals surface area contributed by atoms with Gasteiger partial charge in [-0.15, -0.1) is 0 Å². The second-order valence-corrected chi connectivity index (χ2v) is 7.08. The van der Waals surface area contributed by atoms with Crippen molar-refractivity contribution in [3.8, 4) is 0 Å². The van der Waals surface area contributed by atoms with Crippen LogP contribution in [0.25, 0.3) is 0 Å². The zero-order chi connectivity index (χ0) is 17.0. The van der Waals surface area contributed by atoms with Crippen LogP contribution in [0.4, 0.5) is 4.79 Å². The molecule has 2 heterocycles. The van der Waals surface area contributed by atoms with Crippen LogP contribution in [0.15, 0.2) is 12.4 Å².